The number of amides is 2. The fourth-order valence-electron chi connectivity index (χ4n) is 5.37. The van der Waals surface area contributed by atoms with Gasteiger partial charge in [-0.2, -0.15) is 0 Å². The van der Waals surface area contributed by atoms with Gasteiger partial charge in [-0.05, 0) is 68.5 Å². The van der Waals surface area contributed by atoms with Crippen LogP contribution >= 0.6 is 0 Å². The van der Waals surface area contributed by atoms with Crippen molar-refractivity contribution in [1.82, 2.24) is 9.80 Å². The highest BCUT2D eigenvalue weighted by Gasteiger charge is 2.46. The summed E-state index contributed by atoms with van der Waals surface area (Å²) >= 11 is 0. The van der Waals surface area contributed by atoms with Crippen molar-refractivity contribution in [1.29, 1.82) is 0 Å². The van der Waals surface area contributed by atoms with E-state index in [0.717, 1.165) is 56.6 Å². The minimum Gasteiger partial charge on any atom is -0.436 e. The lowest BCUT2D eigenvalue weighted by Crippen LogP contribution is -2.48. The molecule has 1 aromatic carbocycles. The maximum atomic E-state index is 14.0. The topological polar surface area (TPSA) is 53.1 Å². The van der Waals surface area contributed by atoms with Crippen molar-refractivity contribution in [3.8, 4) is 12.3 Å². The molecular weight excluding hydrogens is 397 g/mol. The zero-order valence-electron chi connectivity index (χ0n) is 18.1. The smallest absolute Gasteiger partial charge is 0.410 e. The Hall–Kier alpha value is -2.59. The van der Waals surface area contributed by atoms with E-state index in [-0.39, 0.29) is 29.8 Å². The van der Waals surface area contributed by atoms with E-state index in [2.05, 4.69) is 10.8 Å². The molecule has 1 spiro atoms. The van der Waals surface area contributed by atoms with Crippen molar-refractivity contribution in [2.75, 3.05) is 50.8 Å². The van der Waals surface area contributed by atoms with E-state index in [0.29, 0.717) is 25.6 Å². The van der Waals surface area contributed by atoms with Crippen LogP contribution in [0.5, 0.6) is 0 Å². The largest absolute Gasteiger partial charge is 0.436 e. The zero-order chi connectivity index (χ0) is 22.0. The Balaban J connectivity index is 1.32. The van der Waals surface area contributed by atoms with Crippen molar-refractivity contribution < 1.29 is 18.7 Å². The SMILES string of the molecule is C#CCOC(=O)N1CCC(CN2CCC3(CC2)CN(C(C)=O)c2ccc(F)cc23)CC1. The molecule has 7 heteroatoms. The van der Waals surface area contributed by atoms with E-state index in [1.807, 2.05) is 0 Å². The molecule has 0 aromatic heterocycles. The molecule has 2 fully saturated rings. The number of anilines is 1. The Morgan fingerprint density at radius 1 is 1.23 bits per heavy atom. The van der Waals surface area contributed by atoms with Crippen molar-refractivity contribution >= 4 is 17.7 Å². The predicted octanol–water partition coefficient (Wildman–Crippen LogP) is 3.01. The number of carbonyl (C=O) groups is 2. The fraction of sp³-hybridized carbons (Fsp3) is 0.583. The second kappa shape index (κ2) is 8.88. The van der Waals surface area contributed by atoms with Gasteiger partial charge in [-0.3, -0.25) is 4.79 Å². The van der Waals surface area contributed by atoms with E-state index in [9.17, 15) is 14.0 Å². The van der Waals surface area contributed by atoms with Gasteiger partial charge in [0.15, 0.2) is 6.61 Å². The number of benzene rings is 1. The van der Waals surface area contributed by atoms with Crippen LogP contribution in [0.3, 0.4) is 0 Å². The second-order valence-corrected chi connectivity index (χ2v) is 9.04. The summed E-state index contributed by atoms with van der Waals surface area (Å²) in [5.74, 6) is 2.65. The third kappa shape index (κ3) is 4.40. The third-order valence-corrected chi connectivity index (χ3v) is 7.14. The summed E-state index contributed by atoms with van der Waals surface area (Å²) < 4.78 is 19.0. The number of halogens is 1. The Kier molecular flexibility index (Phi) is 6.19. The molecule has 0 atom stereocenters. The fourth-order valence-corrected chi connectivity index (χ4v) is 5.37. The van der Waals surface area contributed by atoms with Gasteiger partial charge in [0, 0.05) is 44.2 Å². The first-order valence-electron chi connectivity index (χ1n) is 11.1. The maximum absolute atomic E-state index is 14.0. The molecule has 6 nitrogen and oxygen atoms in total. The number of piperidine rings is 2. The quantitative estimate of drug-likeness (QED) is 0.696. The molecule has 0 aliphatic carbocycles. The van der Waals surface area contributed by atoms with Gasteiger partial charge >= 0.3 is 6.09 Å². The third-order valence-electron chi connectivity index (χ3n) is 7.14. The van der Waals surface area contributed by atoms with Crippen LogP contribution in [0.4, 0.5) is 14.9 Å². The summed E-state index contributed by atoms with van der Waals surface area (Å²) in [7, 11) is 0. The average Bonchev–Trinajstić information content (AvgIpc) is 3.08. The number of hydrogen-bond acceptors (Lipinski definition) is 4. The van der Waals surface area contributed by atoms with Crippen LogP contribution in [0.2, 0.25) is 0 Å². The van der Waals surface area contributed by atoms with Crippen LogP contribution in [0.15, 0.2) is 18.2 Å². The van der Waals surface area contributed by atoms with Crippen LogP contribution in [0.25, 0.3) is 0 Å². The van der Waals surface area contributed by atoms with Crippen molar-refractivity contribution in [2.24, 2.45) is 5.92 Å². The molecule has 2 amide bonds. The number of hydrogen-bond donors (Lipinski definition) is 0. The number of ether oxygens (including phenoxy) is 1. The molecule has 31 heavy (non-hydrogen) atoms. The summed E-state index contributed by atoms with van der Waals surface area (Å²) in [4.78, 5) is 30.1. The monoisotopic (exact) mass is 427 g/mol. The standard InChI is InChI=1S/C24H30FN3O3/c1-3-14-31-23(30)27-10-6-19(7-11-27)16-26-12-8-24(9-13-26)17-28(18(2)29)22-5-4-20(25)15-21(22)24/h1,4-5,15,19H,6-14,16-17H2,2H3. The van der Waals surface area contributed by atoms with Crippen molar-refractivity contribution in [3.63, 3.8) is 0 Å². The Morgan fingerprint density at radius 2 is 1.94 bits per heavy atom. The highest BCUT2D eigenvalue weighted by molar-refractivity contribution is 5.94. The first-order chi connectivity index (χ1) is 14.9. The minimum atomic E-state index is -0.321. The van der Waals surface area contributed by atoms with Crippen LogP contribution in [0, 0.1) is 24.1 Å². The summed E-state index contributed by atoms with van der Waals surface area (Å²) in [6.07, 6.45) is 8.58. The summed E-state index contributed by atoms with van der Waals surface area (Å²) in [5.41, 5.74) is 1.71. The lowest BCUT2D eigenvalue weighted by Gasteiger charge is -2.42. The van der Waals surface area contributed by atoms with E-state index >= 15 is 0 Å². The summed E-state index contributed by atoms with van der Waals surface area (Å²) in [6, 6.07) is 4.82. The molecule has 4 rings (SSSR count). The van der Waals surface area contributed by atoms with Gasteiger partial charge in [0.1, 0.15) is 5.82 Å². The molecule has 3 aliphatic heterocycles. The summed E-state index contributed by atoms with van der Waals surface area (Å²) in [5, 5.41) is 0. The second-order valence-electron chi connectivity index (χ2n) is 9.04. The molecule has 0 N–H and O–H groups in total. The maximum Gasteiger partial charge on any atom is 0.410 e. The molecule has 166 valence electrons. The van der Waals surface area contributed by atoms with Gasteiger partial charge in [0.05, 0.1) is 0 Å². The molecule has 0 unspecified atom stereocenters. The Morgan fingerprint density at radius 3 is 2.58 bits per heavy atom. The highest BCUT2D eigenvalue weighted by atomic mass is 19.1. The minimum absolute atomic E-state index is 0.0136. The number of fused-ring (bicyclic) bond motifs is 2. The molecule has 0 saturated carbocycles. The van der Waals surface area contributed by atoms with Crippen LogP contribution in [0.1, 0.15) is 38.2 Å². The van der Waals surface area contributed by atoms with E-state index < -0.39 is 0 Å². The molecule has 3 aliphatic rings. The van der Waals surface area contributed by atoms with Gasteiger partial charge in [-0.15, -0.1) is 6.42 Å². The van der Waals surface area contributed by atoms with Crippen molar-refractivity contribution in [3.05, 3.63) is 29.6 Å². The zero-order valence-corrected chi connectivity index (χ0v) is 18.1. The molecule has 0 radical (unpaired) electrons. The van der Waals surface area contributed by atoms with Gasteiger partial charge in [0.2, 0.25) is 5.91 Å². The molecule has 1 aromatic rings. The van der Waals surface area contributed by atoms with E-state index in [1.54, 1.807) is 28.9 Å². The Labute approximate surface area is 183 Å². The lowest BCUT2D eigenvalue weighted by atomic mass is 9.74. The highest BCUT2D eigenvalue weighted by Crippen LogP contribution is 2.47. The number of likely N-dealkylation sites (tertiary alicyclic amines) is 2. The van der Waals surface area contributed by atoms with Crippen LogP contribution in [-0.4, -0.2) is 67.7 Å². The average molecular weight is 428 g/mol. The van der Waals surface area contributed by atoms with Gasteiger partial charge in [-0.1, -0.05) is 5.92 Å². The van der Waals surface area contributed by atoms with Crippen LogP contribution in [-0.2, 0) is 14.9 Å². The Bertz CT molecular complexity index is 881. The van der Waals surface area contributed by atoms with Gasteiger partial charge in [0.25, 0.3) is 0 Å². The van der Waals surface area contributed by atoms with E-state index in [4.69, 9.17) is 11.2 Å². The number of nitrogens with zero attached hydrogens (tertiary/aromatic N) is 3. The molecule has 3 heterocycles. The number of rotatable bonds is 3. The first-order valence-corrected chi connectivity index (χ1v) is 11.1. The van der Waals surface area contributed by atoms with Gasteiger partial charge < -0.3 is 19.4 Å². The molecule has 2 saturated heterocycles. The van der Waals surface area contributed by atoms with Gasteiger partial charge in [-0.25, -0.2) is 9.18 Å². The predicted molar refractivity (Wildman–Crippen MR) is 116 cm³/mol. The van der Waals surface area contributed by atoms with Crippen molar-refractivity contribution in [2.45, 2.75) is 38.0 Å². The molecule has 0 bridgehead atoms. The number of carbonyl (C=O) groups excluding carboxylic acids is 2. The lowest BCUT2D eigenvalue weighted by molar-refractivity contribution is -0.116. The van der Waals surface area contributed by atoms with Crippen LogP contribution < -0.4 is 4.90 Å². The molecular formula is C24H30FN3O3. The first kappa shape index (κ1) is 21.6. The number of terminal acetylenes is 1. The normalized spacial score (nSPS) is 21.1. The van der Waals surface area contributed by atoms with E-state index in [1.165, 1.54) is 6.07 Å². The summed E-state index contributed by atoms with van der Waals surface area (Å²) in [6.45, 7) is 6.53.